The third-order valence-electron chi connectivity index (χ3n) is 0.126. The fraction of sp³-hybridized carbons (Fsp3) is 0. The van der Waals surface area contributed by atoms with E-state index < -0.39 is 0 Å². The summed E-state index contributed by atoms with van der Waals surface area (Å²) in [5, 5.41) is 0. The van der Waals surface area contributed by atoms with Crippen LogP contribution < -0.4 is 0 Å². The van der Waals surface area contributed by atoms with E-state index in [1.54, 1.807) is 0 Å². The Bertz CT molecular complexity index is 53.3. The number of hydrogen-bond acceptors (Lipinski definition) is 0. The van der Waals surface area contributed by atoms with Crippen LogP contribution >= 0.6 is 0 Å². The molecule has 0 aliphatic carbocycles. The van der Waals surface area contributed by atoms with Gasteiger partial charge < -0.3 is 0 Å². The maximum absolute atomic E-state index is 10.5. The first-order valence-corrected chi connectivity index (χ1v) is 1.01. The van der Waals surface area contributed by atoms with Gasteiger partial charge in [-0.05, 0) is 0 Å². The van der Waals surface area contributed by atoms with Crippen LogP contribution in [0.1, 0.15) is 0 Å². The van der Waals surface area contributed by atoms with Gasteiger partial charge in [-0.1, -0.05) is 5.73 Å². The van der Waals surface area contributed by atoms with E-state index in [1.807, 2.05) is 0 Å². The SMILES string of the molecule is FC=C=CF. The Labute approximate surface area is 28.4 Å². The second-order valence-electron chi connectivity index (χ2n) is 0.385. The third kappa shape index (κ3) is 3.38. The highest BCUT2D eigenvalue weighted by atomic mass is 19.1. The van der Waals surface area contributed by atoms with E-state index in [9.17, 15) is 8.78 Å². The number of hydrogen-bond donors (Lipinski definition) is 0. The van der Waals surface area contributed by atoms with E-state index in [4.69, 9.17) is 0 Å². The van der Waals surface area contributed by atoms with E-state index in [0.717, 1.165) is 0 Å². The summed E-state index contributed by atoms with van der Waals surface area (Å²) in [6, 6.07) is 0. The maximum Gasteiger partial charge on any atom is 0.131 e. The highest BCUT2D eigenvalue weighted by Crippen LogP contribution is 1.65. The Hall–Kier alpha value is -0.620. The number of halogens is 2. The van der Waals surface area contributed by atoms with Crippen molar-refractivity contribution in [1.82, 2.24) is 0 Å². The van der Waals surface area contributed by atoms with Crippen molar-refractivity contribution < 1.29 is 8.78 Å². The summed E-state index contributed by atoms with van der Waals surface area (Å²) in [6.45, 7) is 0. The molecule has 0 nitrogen and oxygen atoms in total. The van der Waals surface area contributed by atoms with Crippen molar-refractivity contribution in [3.05, 3.63) is 18.4 Å². The molecule has 0 saturated heterocycles. The van der Waals surface area contributed by atoms with Crippen molar-refractivity contribution in [3.8, 4) is 0 Å². The molecule has 0 radical (unpaired) electrons. The molecule has 0 aromatic heterocycles. The third-order valence-corrected chi connectivity index (χ3v) is 0.126. The molecule has 0 aliphatic heterocycles. The molecule has 5 heavy (non-hydrogen) atoms. The Kier molecular flexibility index (Phi) is 2.96. The predicted molar refractivity (Wildman–Crippen MR) is 14.9 cm³/mol. The van der Waals surface area contributed by atoms with Crippen LogP contribution in [0.15, 0.2) is 18.4 Å². The van der Waals surface area contributed by atoms with Crippen LogP contribution in [-0.2, 0) is 0 Å². The van der Waals surface area contributed by atoms with Crippen LogP contribution in [0.25, 0.3) is 0 Å². The molecule has 0 aromatic rings. The molecule has 0 rings (SSSR count). The molecule has 2 heteroatoms. The van der Waals surface area contributed by atoms with Gasteiger partial charge in [0, 0.05) is 0 Å². The quantitative estimate of drug-likeness (QED) is 0.384. The Morgan fingerprint density at radius 1 is 1.20 bits per heavy atom. The van der Waals surface area contributed by atoms with Crippen molar-refractivity contribution in [2.45, 2.75) is 0 Å². The van der Waals surface area contributed by atoms with Gasteiger partial charge >= 0.3 is 0 Å². The molecule has 0 N–H and O–H groups in total. The molecular weight excluding hydrogens is 74.0 g/mol. The van der Waals surface area contributed by atoms with Gasteiger partial charge in [0.1, 0.15) is 12.7 Å². The van der Waals surface area contributed by atoms with Gasteiger partial charge in [-0.2, -0.15) is 0 Å². The average Bonchev–Trinajstić information content (AvgIpc) is 1.41. The minimum Gasteiger partial charge on any atom is -0.206 e. The molecule has 0 saturated carbocycles. The van der Waals surface area contributed by atoms with Crippen molar-refractivity contribution >= 4 is 0 Å². The first kappa shape index (κ1) is 4.38. The lowest BCUT2D eigenvalue weighted by Gasteiger charge is -1.42. The zero-order valence-corrected chi connectivity index (χ0v) is 2.41. The highest BCUT2D eigenvalue weighted by Gasteiger charge is 1.42. The largest absolute Gasteiger partial charge is 0.206 e. The lowest BCUT2D eigenvalue weighted by atomic mass is 10.9. The molecule has 0 fully saturated rings. The summed E-state index contributed by atoms with van der Waals surface area (Å²) in [5.41, 5.74) is 1.53. The molecule has 0 atom stereocenters. The molecule has 28 valence electrons. The summed E-state index contributed by atoms with van der Waals surface area (Å²) in [7, 11) is 0. The predicted octanol–water partition coefficient (Wildman–Crippen LogP) is 1.55. The van der Waals surface area contributed by atoms with E-state index in [-0.39, 0.29) is 12.7 Å². The minimum absolute atomic E-state index is 0. The molecule has 0 unspecified atom stereocenters. The van der Waals surface area contributed by atoms with Gasteiger partial charge in [-0.3, -0.25) is 0 Å². The molecular formula is C3H2F2. The second kappa shape index (κ2) is 3.38. The highest BCUT2D eigenvalue weighted by molar-refractivity contribution is 4.66. The lowest BCUT2D eigenvalue weighted by molar-refractivity contribution is 0.702. The van der Waals surface area contributed by atoms with Gasteiger partial charge in [0.15, 0.2) is 0 Å². The molecule has 0 aliphatic rings. The monoisotopic (exact) mass is 76.0 g/mol. The van der Waals surface area contributed by atoms with Crippen LogP contribution in [0.4, 0.5) is 8.78 Å². The van der Waals surface area contributed by atoms with Gasteiger partial charge in [0.25, 0.3) is 0 Å². The Morgan fingerprint density at radius 3 is 1.60 bits per heavy atom. The summed E-state index contributed by atoms with van der Waals surface area (Å²) in [6.07, 6.45) is 0. The van der Waals surface area contributed by atoms with E-state index in [2.05, 4.69) is 0 Å². The summed E-state index contributed by atoms with van der Waals surface area (Å²) < 4.78 is 21.0. The smallest absolute Gasteiger partial charge is 0.131 e. The van der Waals surface area contributed by atoms with Gasteiger partial charge in [-0.15, -0.1) is 0 Å². The fourth-order valence-electron chi connectivity index (χ4n) is 0.0238. The molecule has 0 amide bonds. The first-order chi connectivity index (χ1) is 2.41. The van der Waals surface area contributed by atoms with Crippen molar-refractivity contribution in [3.63, 3.8) is 0 Å². The van der Waals surface area contributed by atoms with E-state index in [0.29, 0.717) is 0 Å². The van der Waals surface area contributed by atoms with Crippen molar-refractivity contribution in [2.75, 3.05) is 0 Å². The Morgan fingerprint density at radius 2 is 1.60 bits per heavy atom. The maximum atomic E-state index is 10.5. The van der Waals surface area contributed by atoms with Crippen LogP contribution in [0.5, 0.6) is 0 Å². The fourth-order valence-corrected chi connectivity index (χ4v) is 0.0238. The van der Waals surface area contributed by atoms with Crippen molar-refractivity contribution in [1.29, 1.82) is 0 Å². The van der Waals surface area contributed by atoms with Crippen LogP contribution in [0.2, 0.25) is 0 Å². The zero-order chi connectivity index (χ0) is 4.12. The van der Waals surface area contributed by atoms with E-state index >= 15 is 0 Å². The molecule has 0 bridgehead atoms. The number of rotatable bonds is 0. The Balaban J connectivity index is 3.26. The van der Waals surface area contributed by atoms with Crippen LogP contribution in [0, 0.1) is 0 Å². The van der Waals surface area contributed by atoms with Crippen LogP contribution in [-0.4, -0.2) is 0 Å². The topological polar surface area (TPSA) is 0 Å². The summed E-state index contributed by atoms with van der Waals surface area (Å²) >= 11 is 0. The first-order valence-electron chi connectivity index (χ1n) is 1.01. The van der Waals surface area contributed by atoms with Gasteiger partial charge in [0.2, 0.25) is 0 Å². The van der Waals surface area contributed by atoms with Crippen LogP contribution in [0.3, 0.4) is 0 Å². The normalized spacial score (nSPS) is 5.20. The van der Waals surface area contributed by atoms with Crippen molar-refractivity contribution in [2.24, 2.45) is 0 Å². The minimum atomic E-state index is 0. The molecule has 0 aromatic carbocycles. The lowest BCUT2D eigenvalue weighted by Crippen LogP contribution is -1.20. The van der Waals surface area contributed by atoms with Gasteiger partial charge in [0.05, 0.1) is 0 Å². The standard InChI is InChI=1S/C3H2F2/c4-2-1-3-5/h2-3H. The zero-order valence-electron chi connectivity index (χ0n) is 2.41. The second-order valence-corrected chi connectivity index (χ2v) is 0.385. The summed E-state index contributed by atoms with van der Waals surface area (Å²) in [4.78, 5) is 0. The average molecular weight is 76.0 g/mol. The van der Waals surface area contributed by atoms with Gasteiger partial charge in [-0.25, -0.2) is 8.78 Å². The van der Waals surface area contributed by atoms with E-state index in [1.165, 1.54) is 5.73 Å². The molecule has 0 spiro atoms. The molecule has 0 heterocycles. The summed E-state index contributed by atoms with van der Waals surface area (Å²) in [5.74, 6) is 0.